The minimum atomic E-state index is -0.499. The first-order chi connectivity index (χ1) is 13.3. The van der Waals surface area contributed by atoms with Crippen LogP contribution in [0.25, 0.3) is 10.2 Å². The summed E-state index contributed by atoms with van der Waals surface area (Å²) in [6.45, 7) is 6.88. The predicted molar refractivity (Wildman–Crippen MR) is 115 cm³/mol. The number of carbonyl (C=O) groups excluding carboxylic acids is 2. The Kier molecular flexibility index (Phi) is 6.82. The van der Waals surface area contributed by atoms with Crippen LogP contribution in [0, 0.1) is 0 Å². The molecule has 2 aromatic rings. The number of ether oxygens (including phenoxy) is 1. The van der Waals surface area contributed by atoms with Gasteiger partial charge in [0.2, 0.25) is 5.91 Å². The zero-order chi connectivity index (χ0) is 20.1. The average molecular weight is 422 g/mol. The number of fused-ring (bicyclic) bond motifs is 1. The molecule has 1 saturated heterocycles. The van der Waals surface area contributed by atoms with Crippen LogP contribution >= 0.6 is 23.1 Å². The predicted octanol–water partition coefficient (Wildman–Crippen LogP) is 4.05. The SMILES string of the molecule is CC(C)(C)OC(=O)NC1CCN(C(=O)CSCc2nc3ccccc3s2)CC1. The molecule has 0 saturated carbocycles. The first kappa shape index (κ1) is 20.9. The number of piperidine rings is 1. The number of likely N-dealkylation sites (tertiary alicyclic amines) is 1. The van der Waals surface area contributed by atoms with Gasteiger partial charge >= 0.3 is 6.09 Å². The van der Waals surface area contributed by atoms with E-state index in [1.807, 2.05) is 43.9 Å². The van der Waals surface area contributed by atoms with Gasteiger partial charge in [0.05, 0.1) is 16.0 Å². The number of alkyl carbamates (subject to hydrolysis) is 1. The maximum Gasteiger partial charge on any atom is 0.407 e. The van der Waals surface area contributed by atoms with Gasteiger partial charge in [0.15, 0.2) is 0 Å². The average Bonchev–Trinajstić information content (AvgIpc) is 3.03. The Morgan fingerprint density at radius 1 is 1.29 bits per heavy atom. The van der Waals surface area contributed by atoms with E-state index in [0.717, 1.165) is 29.1 Å². The van der Waals surface area contributed by atoms with Crippen molar-refractivity contribution in [2.45, 2.75) is 51.0 Å². The molecule has 2 heterocycles. The van der Waals surface area contributed by atoms with Gasteiger partial charge in [0, 0.05) is 24.9 Å². The van der Waals surface area contributed by atoms with Crippen LogP contribution in [-0.2, 0) is 15.3 Å². The number of rotatable bonds is 5. The Morgan fingerprint density at radius 3 is 2.68 bits per heavy atom. The molecule has 6 nitrogen and oxygen atoms in total. The van der Waals surface area contributed by atoms with E-state index in [0.29, 0.717) is 18.8 Å². The van der Waals surface area contributed by atoms with Gasteiger partial charge in [-0.25, -0.2) is 9.78 Å². The largest absolute Gasteiger partial charge is 0.444 e. The summed E-state index contributed by atoms with van der Waals surface area (Å²) in [6, 6.07) is 8.16. The van der Waals surface area contributed by atoms with Gasteiger partial charge in [-0.15, -0.1) is 23.1 Å². The quantitative estimate of drug-likeness (QED) is 0.789. The second kappa shape index (κ2) is 9.13. The summed E-state index contributed by atoms with van der Waals surface area (Å²) in [7, 11) is 0. The first-order valence-electron chi connectivity index (χ1n) is 9.49. The number of benzene rings is 1. The van der Waals surface area contributed by atoms with Crippen LogP contribution in [0.2, 0.25) is 0 Å². The van der Waals surface area contributed by atoms with Crippen LogP contribution in [-0.4, -0.2) is 52.4 Å². The first-order valence-corrected chi connectivity index (χ1v) is 11.5. The molecule has 0 spiro atoms. The van der Waals surface area contributed by atoms with E-state index in [-0.39, 0.29) is 18.0 Å². The molecule has 1 aromatic heterocycles. The molecule has 2 amide bonds. The van der Waals surface area contributed by atoms with Crippen molar-refractivity contribution >= 4 is 45.3 Å². The monoisotopic (exact) mass is 421 g/mol. The third kappa shape index (κ3) is 6.10. The molecule has 3 rings (SSSR count). The summed E-state index contributed by atoms with van der Waals surface area (Å²) in [4.78, 5) is 30.8. The topological polar surface area (TPSA) is 71.5 Å². The van der Waals surface area contributed by atoms with Crippen molar-refractivity contribution in [2.24, 2.45) is 0 Å². The number of amides is 2. The number of nitrogens with zero attached hydrogens (tertiary/aromatic N) is 2. The van der Waals surface area contributed by atoms with Crippen LogP contribution in [0.4, 0.5) is 4.79 Å². The molecule has 0 bridgehead atoms. The Labute approximate surface area is 174 Å². The molecule has 0 unspecified atom stereocenters. The van der Waals surface area contributed by atoms with Crippen LogP contribution in [0.3, 0.4) is 0 Å². The van der Waals surface area contributed by atoms with E-state index in [2.05, 4.69) is 16.4 Å². The minimum absolute atomic E-state index is 0.0642. The van der Waals surface area contributed by atoms with Gasteiger partial charge in [-0.2, -0.15) is 0 Å². The summed E-state index contributed by atoms with van der Waals surface area (Å²) < 4.78 is 6.48. The number of hydrogen-bond donors (Lipinski definition) is 1. The number of carbonyl (C=O) groups is 2. The van der Waals surface area contributed by atoms with E-state index >= 15 is 0 Å². The summed E-state index contributed by atoms with van der Waals surface area (Å²) in [6.07, 6.45) is 1.13. The molecule has 28 heavy (non-hydrogen) atoms. The van der Waals surface area contributed by atoms with Crippen LogP contribution in [0.15, 0.2) is 24.3 Å². The highest BCUT2D eigenvalue weighted by atomic mass is 32.2. The lowest BCUT2D eigenvalue weighted by atomic mass is 10.1. The fourth-order valence-corrected chi connectivity index (χ4v) is 4.99. The molecule has 0 radical (unpaired) electrons. The van der Waals surface area contributed by atoms with Gasteiger partial charge in [-0.1, -0.05) is 12.1 Å². The lowest BCUT2D eigenvalue weighted by Crippen LogP contribution is -2.48. The number of thiazole rings is 1. The minimum Gasteiger partial charge on any atom is -0.444 e. The number of thioether (sulfide) groups is 1. The molecule has 0 atom stereocenters. The standard InChI is InChI=1S/C20H27N3O3S2/c1-20(2,3)26-19(25)21-14-8-10-23(11-9-14)18(24)13-27-12-17-22-15-6-4-5-7-16(15)28-17/h4-7,14H,8-13H2,1-3H3,(H,21,25). The van der Waals surface area contributed by atoms with E-state index in [9.17, 15) is 9.59 Å². The normalized spacial score (nSPS) is 15.6. The summed E-state index contributed by atoms with van der Waals surface area (Å²) in [5.41, 5.74) is 0.523. The molecule has 152 valence electrons. The molecular formula is C20H27N3O3S2. The summed E-state index contributed by atoms with van der Waals surface area (Å²) >= 11 is 3.29. The Balaban J connectivity index is 1.37. The van der Waals surface area contributed by atoms with Gasteiger partial charge in [0.25, 0.3) is 0 Å². The van der Waals surface area contributed by atoms with Crippen molar-refractivity contribution in [1.29, 1.82) is 0 Å². The van der Waals surface area contributed by atoms with Gasteiger partial charge in [0.1, 0.15) is 10.6 Å². The molecule has 1 N–H and O–H groups in total. The second-order valence-electron chi connectivity index (χ2n) is 7.87. The van der Waals surface area contributed by atoms with E-state index in [4.69, 9.17) is 4.74 Å². The summed E-state index contributed by atoms with van der Waals surface area (Å²) in [5.74, 6) is 1.36. The molecule has 0 aliphatic carbocycles. The molecular weight excluding hydrogens is 394 g/mol. The smallest absolute Gasteiger partial charge is 0.407 e. The van der Waals surface area contributed by atoms with Crippen molar-refractivity contribution in [1.82, 2.24) is 15.2 Å². The van der Waals surface area contributed by atoms with Gasteiger partial charge in [-0.3, -0.25) is 4.79 Å². The molecule has 8 heteroatoms. The maximum absolute atomic E-state index is 12.5. The Hall–Kier alpha value is -1.80. The summed E-state index contributed by atoms with van der Waals surface area (Å²) in [5, 5.41) is 3.96. The van der Waals surface area contributed by atoms with Crippen LogP contribution in [0.1, 0.15) is 38.6 Å². The van der Waals surface area contributed by atoms with Crippen molar-refractivity contribution < 1.29 is 14.3 Å². The van der Waals surface area contributed by atoms with E-state index in [1.165, 1.54) is 4.70 Å². The fraction of sp³-hybridized carbons (Fsp3) is 0.550. The van der Waals surface area contributed by atoms with Gasteiger partial charge < -0.3 is 15.0 Å². The Morgan fingerprint density at radius 2 is 2.00 bits per heavy atom. The lowest BCUT2D eigenvalue weighted by molar-refractivity contribution is -0.129. The van der Waals surface area contributed by atoms with E-state index < -0.39 is 5.60 Å². The second-order valence-corrected chi connectivity index (χ2v) is 9.97. The highest BCUT2D eigenvalue weighted by Crippen LogP contribution is 2.25. The third-order valence-corrected chi connectivity index (χ3v) is 6.51. The number of para-hydroxylation sites is 1. The molecule has 1 aliphatic rings. The highest BCUT2D eigenvalue weighted by Gasteiger charge is 2.25. The molecule has 1 aliphatic heterocycles. The lowest BCUT2D eigenvalue weighted by Gasteiger charge is -2.32. The van der Waals surface area contributed by atoms with Crippen molar-refractivity contribution in [2.75, 3.05) is 18.8 Å². The zero-order valence-corrected chi connectivity index (χ0v) is 18.2. The molecule has 1 fully saturated rings. The number of hydrogen-bond acceptors (Lipinski definition) is 6. The third-order valence-electron chi connectivity index (χ3n) is 4.36. The molecule has 1 aromatic carbocycles. The fourth-order valence-electron chi connectivity index (χ4n) is 3.05. The van der Waals surface area contributed by atoms with Crippen LogP contribution in [0.5, 0.6) is 0 Å². The van der Waals surface area contributed by atoms with Gasteiger partial charge in [-0.05, 0) is 45.7 Å². The van der Waals surface area contributed by atoms with E-state index in [1.54, 1.807) is 23.1 Å². The van der Waals surface area contributed by atoms with Crippen molar-refractivity contribution in [3.63, 3.8) is 0 Å². The van der Waals surface area contributed by atoms with Crippen molar-refractivity contribution in [3.8, 4) is 0 Å². The maximum atomic E-state index is 12.5. The number of nitrogens with one attached hydrogen (secondary N) is 1. The highest BCUT2D eigenvalue weighted by molar-refractivity contribution is 7.99. The van der Waals surface area contributed by atoms with Crippen molar-refractivity contribution in [3.05, 3.63) is 29.3 Å². The Bertz CT molecular complexity index is 790. The van der Waals surface area contributed by atoms with Crippen LogP contribution < -0.4 is 5.32 Å². The zero-order valence-electron chi connectivity index (χ0n) is 16.6. The number of aromatic nitrogens is 1.